The fourth-order valence-corrected chi connectivity index (χ4v) is 3.71. The zero-order valence-corrected chi connectivity index (χ0v) is 14.6. The molecule has 1 aromatic heterocycles. The summed E-state index contributed by atoms with van der Waals surface area (Å²) >= 11 is 3.40. The van der Waals surface area contributed by atoms with Crippen molar-refractivity contribution in [3.05, 3.63) is 28.4 Å². The van der Waals surface area contributed by atoms with Gasteiger partial charge < -0.3 is 4.90 Å². The summed E-state index contributed by atoms with van der Waals surface area (Å²) < 4.78 is 2.49. The number of rotatable bonds is 2. The van der Waals surface area contributed by atoms with Crippen molar-refractivity contribution in [2.45, 2.75) is 18.9 Å². The average molecular weight is 391 g/mol. The molecule has 2 aromatic rings. The Morgan fingerprint density at radius 1 is 1.21 bits per heavy atom. The molecule has 4 rings (SSSR count). The zero-order chi connectivity index (χ0) is 17.0. The van der Waals surface area contributed by atoms with Crippen LogP contribution in [-0.2, 0) is 16.6 Å². The van der Waals surface area contributed by atoms with Crippen LogP contribution in [0.15, 0.2) is 22.7 Å². The molecule has 0 unspecified atom stereocenters. The van der Waals surface area contributed by atoms with E-state index in [0.717, 1.165) is 15.4 Å². The summed E-state index contributed by atoms with van der Waals surface area (Å²) in [7, 11) is 1.74. The Morgan fingerprint density at radius 3 is 2.54 bits per heavy atom. The Balaban J connectivity index is 1.55. The Labute approximate surface area is 146 Å². The monoisotopic (exact) mass is 390 g/mol. The minimum Gasteiger partial charge on any atom is -0.333 e. The topological polar surface area (TPSA) is 75.5 Å². The van der Waals surface area contributed by atoms with Gasteiger partial charge in [-0.1, -0.05) is 15.9 Å². The van der Waals surface area contributed by atoms with Crippen molar-refractivity contribution in [3.63, 3.8) is 0 Å². The minimum absolute atomic E-state index is 0.127. The number of imide groups is 1. The third-order valence-electron chi connectivity index (χ3n) is 4.60. The SMILES string of the molecule is Cn1nc2cc(Br)ccc2c1C(=O)N1CC(N2C(=O)CCC2=O)C1. The van der Waals surface area contributed by atoms with Crippen LogP contribution in [0.5, 0.6) is 0 Å². The van der Waals surface area contributed by atoms with Gasteiger partial charge in [0.2, 0.25) is 11.8 Å². The number of carbonyl (C=O) groups excluding carboxylic acids is 3. The molecule has 2 fully saturated rings. The van der Waals surface area contributed by atoms with Crippen molar-refractivity contribution < 1.29 is 14.4 Å². The molecule has 0 bridgehead atoms. The Bertz CT molecular complexity index is 869. The van der Waals surface area contributed by atoms with E-state index in [2.05, 4.69) is 21.0 Å². The molecule has 124 valence electrons. The van der Waals surface area contributed by atoms with Gasteiger partial charge in [-0.2, -0.15) is 5.10 Å². The smallest absolute Gasteiger partial charge is 0.272 e. The number of aryl methyl sites for hydroxylation is 1. The number of nitrogens with zero attached hydrogens (tertiary/aromatic N) is 4. The molecule has 2 aliphatic heterocycles. The van der Waals surface area contributed by atoms with Crippen LogP contribution in [0.3, 0.4) is 0 Å². The predicted molar refractivity (Wildman–Crippen MR) is 89.2 cm³/mol. The second kappa shape index (κ2) is 5.41. The van der Waals surface area contributed by atoms with Gasteiger partial charge in [0.05, 0.1) is 11.6 Å². The van der Waals surface area contributed by atoms with Crippen LogP contribution in [0.1, 0.15) is 23.3 Å². The van der Waals surface area contributed by atoms with E-state index in [1.165, 1.54) is 4.90 Å². The fraction of sp³-hybridized carbons (Fsp3) is 0.375. The van der Waals surface area contributed by atoms with Crippen LogP contribution in [-0.4, -0.2) is 56.4 Å². The maximum absolute atomic E-state index is 12.8. The van der Waals surface area contributed by atoms with Gasteiger partial charge in [0, 0.05) is 42.8 Å². The van der Waals surface area contributed by atoms with Gasteiger partial charge in [0.15, 0.2) is 0 Å². The van der Waals surface area contributed by atoms with Crippen LogP contribution in [0, 0.1) is 0 Å². The molecule has 2 saturated heterocycles. The highest BCUT2D eigenvalue weighted by atomic mass is 79.9. The molecule has 1 aromatic carbocycles. The van der Waals surface area contributed by atoms with Gasteiger partial charge in [0.25, 0.3) is 5.91 Å². The van der Waals surface area contributed by atoms with Gasteiger partial charge in [0.1, 0.15) is 5.69 Å². The number of halogens is 1. The van der Waals surface area contributed by atoms with Crippen LogP contribution < -0.4 is 0 Å². The second-order valence-electron chi connectivity index (χ2n) is 6.16. The number of benzene rings is 1. The average Bonchev–Trinajstić information content (AvgIpc) is 2.97. The third-order valence-corrected chi connectivity index (χ3v) is 5.10. The highest BCUT2D eigenvalue weighted by Crippen LogP contribution is 2.27. The van der Waals surface area contributed by atoms with Crippen molar-refractivity contribution in [3.8, 4) is 0 Å². The summed E-state index contributed by atoms with van der Waals surface area (Å²) in [6.07, 6.45) is 0.565. The summed E-state index contributed by atoms with van der Waals surface area (Å²) in [6, 6.07) is 5.42. The second-order valence-corrected chi connectivity index (χ2v) is 7.07. The lowest BCUT2D eigenvalue weighted by atomic mass is 10.1. The van der Waals surface area contributed by atoms with Gasteiger partial charge in [-0.25, -0.2) is 0 Å². The number of carbonyl (C=O) groups is 3. The number of amides is 3. The third kappa shape index (κ3) is 2.24. The molecule has 0 aliphatic carbocycles. The number of likely N-dealkylation sites (tertiary alicyclic amines) is 2. The lowest BCUT2D eigenvalue weighted by Gasteiger charge is -2.42. The molecular weight excluding hydrogens is 376 g/mol. The molecule has 8 heteroatoms. The van der Waals surface area contributed by atoms with E-state index in [1.54, 1.807) is 16.6 Å². The number of fused-ring (bicyclic) bond motifs is 1. The summed E-state index contributed by atoms with van der Waals surface area (Å²) in [5.41, 5.74) is 1.27. The first kappa shape index (κ1) is 15.3. The molecule has 2 aliphatic rings. The van der Waals surface area contributed by atoms with Crippen LogP contribution in [0.25, 0.3) is 10.9 Å². The first-order valence-electron chi connectivity index (χ1n) is 7.72. The number of hydrogen-bond acceptors (Lipinski definition) is 4. The van der Waals surface area contributed by atoms with Gasteiger partial charge in [-0.05, 0) is 18.2 Å². The van der Waals surface area contributed by atoms with E-state index in [1.807, 2.05) is 18.2 Å². The van der Waals surface area contributed by atoms with E-state index in [9.17, 15) is 14.4 Å². The summed E-state index contributed by atoms with van der Waals surface area (Å²) in [5, 5.41) is 5.17. The molecule has 3 heterocycles. The van der Waals surface area contributed by atoms with Crippen LogP contribution >= 0.6 is 15.9 Å². The quantitative estimate of drug-likeness (QED) is 0.724. The summed E-state index contributed by atoms with van der Waals surface area (Å²) in [5.74, 6) is -0.390. The first-order chi connectivity index (χ1) is 11.5. The lowest BCUT2D eigenvalue weighted by Crippen LogP contribution is -2.62. The van der Waals surface area contributed by atoms with Gasteiger partial charge in [-0.15, -0.1) is 0 Å². The molecule has 0 spiro atoms. The van der Waals surface area contributed by atoms with Crippen molar-refractivity contribution in [2.24, 2.45) is 7.05 Å². The highest BCUT2D eigenvalue weighted by molar-refractivity contribution is 9.10. The van der Waals surface area contributed by atoms with Crippen molar-refractivity contribution >= 4 is 44.6 Å². The maximum atomic E-state index is 12.8. The number of aromatic nitrogens is 2. The van der Waals surface area contributed by atoms with Crippen molar-refractivity contribution in [1.82, 2.24) is 19.6 Å². The molecule has 0 radical (unpaired) electrons. The van der Waals surface area contributed by atoms with E-state index >= 15 is 0 Å². The molecule has 3 amide bonds. The van der Waals surface area contributed by atoms with E-state index in [-0.39, 0.29) is 36.6 Å². The Kier molecular flexibility index (Phi) is 3.45. The fourth-order valence-electron chi connectivity index (χ4n) is 3.36. The Hall–Kier alpha value is -2.22. The number of hydrogen-bond donors (Lipinski definition) is 0. The minimum atomic E-state index is -0.190. The van der Waals surface area contributed by atoms with Crippen LogP contribution in [0.2, 0.25) is 0 Å². The van der Waals surface area contributed by atoms with Crippen LogP contribution in [0.4, 0.5) is 0 Å². The highest BCUT2D eigenvalue weighted by Gasteiger charge is 2.43. The van der Waals surface area contributed by atoms with Crippen molar-refractivity contribution in [1.29, 1.82) is 0 Å². The molecular formula is C16H15BrN4O3. The zero-order valence-electron chi connectivity index (χ0n) is 13.0. The molecule has 0 saturated carbocycles. The molecule has 24 heavy (non-hydrogen) atoms. The predicted octanol–water partition coefficient (Wildman–Crippen LogP) is 1.31. The lowest BCUT2D eigenvalue weighted by molar-refractivity contribution is -0.144. The first-order valence-corrected chi connectivity index (χ1v) is 8.51. The standard InChI is InChI=1S/C16H15BrN4O3/c1-19-15(11-3-2-9(17)6-12(11)18-19)16(24)20-7-10(8-20)21-13(22)4-5-14(21)23/h2-3,6,10H,4-5,7-8H2,1H3. The van der Waals surface area contributed by atoms with Gasteiger partial charge >= 0.3 is 0 Å². The summed E-state index contributed by atoms with van der Waals surface area (Å²) in [6.45, 7) is 0.777. The van der Waals surface area contributed by atoms with Crippen molar-refractivity contribution in [2.75, 3.05) is 13.1 Å². The van der Waals surface area contributed by atoms with E-state index in [0.29, 0.717) is 18.8 Å². The Morgan fingerprint density at radius 2 is 1.88 bits per heavy atom. The molecule has 0 N–H and O–H groups in total. The van der Waals surface area contributed by atoms with E-state index in [4.69, 9.17) is 0 Å². The maximum Gasteiger partial charge on any atom is 0.272 e. The largest absolute Gasteiger partial charge is 0.333 e. The van der Waals surface area contributed by atoms with Gasteiger partial charge in [-0.3, -0.25) is 24.0 Å². The van der Waals surface area contributed by atoms with E-state index < -0.39 is 0 Å². The molecule has 0 atom stereocenters. The normalized spacial score (nSPS) is 18.6. The molecule has 7 nitrogen and oxygen atoms in total. The summed E-state index contributed by atoms with van der Waals surface area (Å²) in [4.78, 5) is 39.3.